The average Bonchev–Trinajstić information content (AvgIpc) is 2.46. The molecule has 0 amide bonds. The van der Waals surface area contributed by atoms with Gasteiger partial charge in [-0.1, -0.05) is 60.7 Å². The molecule has 0 bridgehead atoms. The minimum absolute atomic E-state index is 0.332. The van der Waals surface area contributed by atoms with E-state index in [4.69, 9.17) is 0 Å². The maximum Gasteiger partial charge on any atom is 0.0327 e. The summed E-state index contributed by atoms with van der Waals surface area (Å²) in [6, 6.07) is 20.9. The van der Waals surface area contributed by atoms with E-state index in [0.717, 1.165) is 21.9 Å². The lowest BCUT2D eigenvalue weighted by Crippen LogP contribution is -1.93. The number of fused-ring (bicyclic) bond motifs is 1. The number of hydrogen-bond donors (Lipinski definition) is 0. The average molecular weight is 267 g/mol. The van der Waals surface area contributed by atoms with E-state index in [1.165, 1.54) is 0 Å². The third-order valence-electron chi connectivity index (χ3n) is 3.15. The zero-order valence-electron chi connectivity index (χ0n) is 10.1. The topological polar surface area (TPSA) is 40.1 Å². The Hall–Kier alpha value is -1.97. The van der Waals surface area contributed by atoms with Gasteiger partial charge in [0.2, 0.25) is 0 Å². The fourth-order valence-electron chi connectivity index (χ4n) is 2.29. The van der Waals surface area contributed by atoms with E-state index >= 15 is 0 Å². The molecule has 3 aromatic carbocycles. The van der Waals surface area contributed by atoms with Crippen LogP contribution in [0.1, 0.15) is 0 Å². The van der Waals surface area contributed by atoms with E-state index in [0.29, 0.717) is 4.90 Å². The molecule has 0 saturated carbocycles. The number of benzene rings is 3. The molecule has 94 valence electrons. The molecule has 0 aliphatic heterocycles. The van der Waals surface area contributed by atoms with Crippen molar-refractivity contribution in [3.05, 3.63) is 66.7 Å². The highest BCUT2D eigenvalue weighted by Gasteiger charge is 2.08. The lowest BCUT2D eigenvalue weighted by atomic mass is 9.98. The quantitative estimate of drug-likeness (QED) is 0.663. The van der Waals surface area contributed by atoms with Crippen molar-refractivity contribution in [3.63, 3.8) is 0 Å². The summed E-state index contributed by atoms with van der Waals surface area (Å²) in [6.45, 7) is 0. The normalized spacial score (nSPS) is 12.5. The van der Waals surface area contributed by atoms with Crippen molar-refractivity contribution in [2.24, 2.45) is 0 Å². The van der Waals surface area contributed by atoms with E-state index in [-0.39, 0.29) is 0 Å². The summed E-state index contributed by atoms with van der Waals surface area (Å²) >= 11 is -2.23. The van der Waals surface area contributed by atoms with Crippen LogP contribution in [0.4, 0.5) is 0 Å². The standard InChI is InChI=1S/C16H12O2S/c17-19(18)16-11-4-3-9-15(16)14-10-5-7-12-6-1-2-8-13(12)14/h1-11H,(H,17,18)/p-1. The Morgan fingerprint density at radius 1 is 0.737 bits per heavy atom. The Kier molecular flexibility index (Phi) is 3.15. The largest absolute Gasteiger partial charge is 0.768 e. The van der Waals surface area contributed by atoms with E-state index < -0.39 is 11.1 Å². The molecule has 0 aliphatic carbocycles. The molecule has 0 fully saturated rings. The van der Waals surface area contributed by atoms with E-state index in [1.54, 1.807) is 12.1 Å². The third-order valence-corrected chi connectivity index (χ3v) is 3.86. The van der Waals surface area contributed by atoms with E-state index in [1.807, 2.05) is 54.6 Å². The van der Waals surface area contributed by atoms with Crippen molar-refractivity contribution in [2.75, 3.05) is 0 Å². The molecule has 3 rings (SSSR count). The summed E-state index contributed by atoms with van der Waals surface area (Å²) in [5.41, 5.74) is 1.69. The van der Waals surface area contributed by atoms with Gasteiger partial charge in [0.25, 0.3) is 0 Å². The smallest absolute Gasteiger partial charge is 0.0327 e. The summed E-state index contributed by atoms with van der Waals surface area (Å²) < 4.78 is 22.7. The Morgan fingerprint density at radius 3 is 2.21 bits per heavy atom. The van der Waals surface area contributed by atoms with Crippen LogP contribution in [-0.4, -0.2) is 8.76 Å². The van der Waals surface area contributed by atoms with Gasteiger partial charge in [0, 0.05) is 4.90 Å². The highest BCUT2D eigenvalue weighted by atomic mass is 32.2. The van der Waals surface area contributed by atoms with Crippen molar-refractivity contribution < 1.29 is 8.76 Å². The van der Waals surface area contributed by atoms with Gasteiger partial charge in [-0.15, -0.1) is 0 Å². The molecular formula is C16H11O2S-. The first-order chi connectivity index (χ1) is 9.27. The molecule has 19 heavy (non-hydrogen) atoms. The minimum Gasteiger partial charge on any atom is -0.768 e. The van der Waals surface area contributed by atoms with E-state index in [9.17, 15) is 8.76 Å². The van der Waals surface area contributed by atoms with Crippen molar-refractivity contribution in [1.29, 1.82) is 0 Å². The van der Waals surface area contributed by atoms with Gasteiger partial charge in [0.1, 0.15) is 0 Å². The molecule has 0 radical (unpaired) electrons. The maximum atomic E-state index is 11.3. The lowest BCUT2D eigenvalue weighted by Gasteiger charge is -2.13. The summed E-state index contributed by atoms with van der Waals surface area (Å²) in [6.07, 6.45) is 0. The molecule has 0 heterocycles. The molecule has 0 aromatic heterocycles. The second-order valence-corrected chi connectivity index (χ2v) is 5.17. The molecule has 1 unspecified atom stereocenters. The van der Waals surface area contributed by atoms with Crippen LogP contribution in [0, 0.1) is 0 Å². The zero-order chi connectivity index (χ0) is 13.2. The molecule has 2 nitrogen and oxygen atoms in total. The van der Waals surface area contributed by atoms with Crippen LogP contribution in [0.2, 0.25) is 0 Å². The first-order valence-corrected chi connectivity index (χ1v) is 7.01. The second-order valence-electron chi connectivity index (χ2n) is 4.26. The summed E-state index contributed by atoms with van der Waals surface area (Å²) in [4.78, 5) is 0.332. The number of rotatable bonds is 2. The maximum absolute atomic E-state index is 11.3. The minimum atomic E-state index is -2.23. The van der Waals surface area contributed by atoms with Crippen LogP contribution in [0.15, 0.2) is 71.6 Å². The highest BCUT2D eigenvalue weighted by Crippen LogP contribution is 2.31. The number of hydrogen-bond acceptors (Lipinski definition) is 2. The fourth-order valence-corrected chi connectivity index (χ4v) is 2.84. The molecule has 0 saturated heterocycles. The SMILES string of the molecule is O=S([O-])c1ccccc1-c1cccc2ccccc12. The first kappa shape index (κ1) is 12.1. The van der Waals surface area contributed by atoms with Crippen LogP contribution in [0.3, 0.4) is 0 Å². The van der Waals surface area contributed by atoms with Gasteiger partial charge in [-0.3, -0.25) is 4.21 Å². The summed E-state index contributed by atoms with van der Waals surface area (Å²) in [5, 5.41) is 2.16. The van der Waals surface area contributed by atoms with Gasteiger partial charge in [0.15, 0.2) is 0 Å². The van der Waals surface area contributed by atoms with Crippen molar-refractivity contribution in [1.82, 2.24) is 0 Å². The fraction of sp³-hybridized carbons (Fsp3) is 0. The van der Waals surface area contributed by atoms with Crippen molar-refractivity contribution in [2.45, 2.75) is 4.90 Å². The monoisotopic (exact) mass is 267 g/mol. The molecular weight excluding hydrogens is 256 g/mol. The van der Waals surface area contributed by atoms with Gasteiger partial charge in [-0.05, 0) is 39.0 Å². The van der Waals surface area contributed by atoms with Gasteiger partial charge in [0.05, 0.1) is 0 Å². The summed E-state index contributed by atoms with van der Waals surface area (Å²) in [7, 11) is 0. The van der Waals surface area contributed by atoms with Crippen LogP contribution in [-0.2, 0) is 11.1 Å². The second kappa shape index (κ2) is 4.96. The van der Waals surface area contributed by atoms with Gasteiger partial charge >= 0.3 is 0 Å². The van der Waals surface area contributed by atoms with Gasteiger partial charge in [-0.25, -0.2) is 0 Å². The lowest BCUT2D eigenvalue weighted by molar-refractivity contribution is 0.537. The molecule has 3 aromatic rings. The van der Waals surface area contributed by atoms with Crippen LogP contribution in [0.5, 0.6) is 0 Å². The van der Waals surface area contributed by atoms with Crippen LogP contribution < -0.4 is 0 Å². The van der Waals surface area contributed by atoms with Crippen molar-refractivity contribution in [3.8, 4) is 11.1 Å². The first-order valence-electron chi connectivity index (χ1n) is 5.94. The zero-order valence-corrected chi connectivity index (χ0v) is 10.9. The highest BCUT2D eigenvalue weighted by molar-refractivity contribution is 7.79. The predicted octanol–water partition coefficient (Wildman–Crippen LogP) is 3.74. The molecule has 0 spiro atoms. The Balaban J connectivity index is 2.34. The Labute approximate surface area is 114 Å². The van der Waals surface area contributed by atoms with Gasteiger partial charge < -0.3 is 4.55 Å². The Morgan fingerprint density at radius 2 is 1.37 bits per heavy atom. The Bertz CT molecular complexity index is 760. The predicted molar refractivity (Wildman–Crippen MR) is 76.6 cm³/mol. The van der Waals surface area contributed by atoms with Crippen LogP contribution >= 0.6 is 0 Å². The molecule has 0 aliphatic rings. The molecule has 3 heteroatoms. The van der Waals surface area contributed by atoms with Gasteiger partial charge in [-0.2, -0.15) is 0 Å². The third kappa shape index (κ3) is 2.18. The van der Waals surface area contributed by atoms with E-state index in [2.05, 4.69) is 0 Å². The molecule has 0 N–H and O–H groups in total. The summed E-state index contributed by atoms with van der Waals surface area (Å²) in [5.74, 6) is 0. The van der Waals surface area contributed by atoms with Crippen molar-refractivity contribution >= 4 is 21.9 Å². The molecule has 1 atom stereocenters. The van der Waals surface area contributed by atoms with Crippen LogP contribution in [0.25, 0.3) is 21.9 Å².